The van der Waals surface area contributed by atoms with Gasteiger partial charge in [-0.05, 0) is 141 Å². The van der Waals surface area contributed by atoms with Gasteiger partial charge < -0.3 is 15.2 Å². The molecule has 45 heavy (non-hydrogen) atoms. The fourth-order valence-electron chi connectivity index (χ4n) is 12.3. The molecule has 4 unspecified atom stereocenters. The second-order valence-electron chi connectivity index (χ2n) is 15.9. The summed E-state index contributed by atoms with van der Waals surface area (Å²) in [4.78, 5) is 25.5. The fourth-order valence-corrected chi connectivity index (χ4v) is 13.8. The highest BCUT2D eigenvalue weighted by Crippen LogP contribution is 2.74. The lowest BCUT2D eigenvalue weighted by Gasteiger charge is -2.68. The molecule has 1 amide bonds. The standard InChI is InChI=1S/C39H54INO4/c1-7-24(2)27-14-20-39(35(44)41-22-23-45-6)21-16-30-28(33(27)39)12-13-31-36(30,3)19-17-32-37(31,4)18-15-29(38(32,5)40)25-8-10-26(11-9-25)34(42)43/h8-11,15,27-28,30-33H,2,7,12-14,16-23H2,1,3-6H3,(H,41,44)(H,42,43)/t27-,28-,30?,31?,32+,33?,36-,37+,38?,39-/m0/s1. The first-order valence-corrected chi connectivity index (χ1v) is 18.6. The van der Waals surface area contributed by atoms with Gasteiger partial charge in [0, 0.05) is 17.1 Å². The van der Waals surface area contributed by atoms with Gasteiger partial charge in [-0.15, -0.1) is 0 Å². The van der Waals surface area contributed by atoms with Crippen LogP contribution in [0.4, 0.5) is 0 Å². The molecular formula is C39H54INO4. The highest BCUT2D eigenvalue weighted by Gasteiger charge is 2.68. The third kappa shape index (κ3) is 5.09. The molecule has 0 radical (unpaired) electrons. The number of benzene rings is 1. The van der Waals surface area contributed by atoms with Crippen molar-refractivity contribution in [1.82, 2.24) is 5.32 Å². The van der Waals surface area contributed by atoms with E-state index in [0.29, 0.717) is 54.2 Å². The van der Waals surface area contributed by atoms with Gasteiger partial charge in [0.1, 0.15) is 0 Å². The Bertz CT molecular complexity index is 1370. The summed E-state index contributed by atoms with van der Waals surface area (Å²) in [6.45, 7) is 15.7. The number of allylic oxidation sites excluding steroid dienone is 3. The van der Waals surface area contributed by atoms with Gasteiger partial charge in [0.2, 0.25) is 5.91 Å². The lowest BCUT2D eigenvalue weighted by Crippen LogP contribution is -2.63. The Kier molecular flexibility index (Phi) is 8.93. The normalized spacial score (nSPS) is 42.0. The molecule has 0 aromatic heterocycles. The molecule has 1 aromatic rings. The summed E-state index contributed by atoms with van der Waals surface area (Å²) >= 11 is 2.74. The van der Waals surface area contributed by atoms with Crippen LogP contribution in [0.3, 0.4) is 0 Å². The number of ether oxygens (including phenoxy) is 1. The maximum absolute atomic E-state index is 14.0. The second kappa shape index (κ2) is 12.1. The van der Waals surface area contributed by atoms with Gasteiger partial charge in [-0.2, -0.15) is 0 Å². The summed E-state index contributed by atoms with van der Waals surface area (Å²) in [6, 6.07) is 7.52. The summed E-state index contributed by atoms with van der Waals surface area (Å²) in [5.41, 5.74) is 4.46. The van der Waals surface area contributed by atoms with Gasteiger partial charge in [0.15, 0.2) is 0 Å². The maximum atomic E-state index is 14.0. The molecule has 4 fully saturated rings. The topological polar surface area (TPSA) is 75.6 Å². The number of aromatic carboxylic acids is 1. The number of alkyl halides is 1. The van der Waals surface area contributed by atoms with Gasteiger partial charge in [-0.3, -0.25) is 4.79 Å². The minimum atomic E-state index is -0.874. The Balaban J connectivity index is 1.31. The zero-order valence-electron chi connectivity index (χ0n) is 28.1. The fraction of sp³-hybridized carbons (Fsp3) is 0.692. The van der Waals surface area contributed by atoms with Crippen LogP contribution in [0.15, 0.2) is 42.5 Å². The molecule has 2 N–H and O–H groups in total. The molecule has 0 aliphatic heterocycles. The number of nitrogens with one attached hydrogen (secondary N) is 1. The highest BCUT2D eigenvalue weighted by molar-refractivity contribution is 14.1. The first-order valence-electron chi connectivity index (χ1n) is 17.5. The number of halogens is 1. The molecule has 4 saturated carbocycles. The summed E-state index contributed by atoms with van der Waals surface area (Å²) < 4.78 is 5.26. The number of amides is 1. The van der Waals surface area contributed by atoms with E-state index < -0.39 is 5.97 Å². The zero-order valence-corrected chi connectivity index (χ0v) is 30.3. The number of carboxylic acid groups (broad SMARTS) is 1. The lowest BCUT2D eigenvalue weighted by molar-refractivity contribution is -0.176. The number of methoxy groups -OCH3 is 1. The van der Waals surface area contributed by atoms with Gasteiger partial charge in [-0.25, -0.2) is 4.79 Å². The van der Waals surface area contributed by atoms with Crippen molar-refractivity contribution >= 4 is 40.0 Å². The van der Waals surface area contributed by atoms with Crippen molar-refractivity contribution < 1.29 is 19.4 Å². The zero-order chi connectivity index (χ0) is 32.4. The van der Waals surface area contributed by atoms with Crippen molar-refractivity contribution in [3.63, 3.8) is 0 Å². The summed E-state index contributed by atoms with van der Waals surface area (Å²) in [5.74, 6) is 2.71. The summed E-state index contributed by atoms with van der Waals surface area (Å²) in [6.07, 6.45) is 13.8. The largest absolute Gasteiger partial charge is 0.478 e. The van der Waals surface area contributed by atoms with Crippen LogP contribution in [0.25, 0.3) is 5.57 Å². The molecule has 6 heteroatoms. The first kappa shape index (κ1) is 33.2. The van der Waals surface area contributed by atoms with Crippen LogP contribution in [0.1, 0.15) is 108 Å². The van der Waals surface area contributed by atoms with Crippen LogP contribution in [-0.4, -0.2) is 40.7 Å². The SMILES string of the molecule is C=C(CC)[C@@H]1CC[C@]2(C(=O)NCCOC)CCC3[C@H](CCC4[C@@]3(C)CC[C@H]3C(C)(I)C(c5ccc(C(=O)O)cc5)=CC[C@]43C)C12. The van der Waals surface area contributed by atoms with E-state index in [-0.39, 0.29) is 25.6 Å². The molecule has 246 valence electrons. The molecule has 0 spiro atoms. The number of hydrogen-bond acceptors (Lipinski definition) is 3. The molecule has 5 aliphatic rings. The number of fused-ring (bicyclic) bond motifs is 7. The molecule has 10 atom stereocenters. The van der Waals surface area contributed by atoms with Crippen LogP contribution < -0.4 is 5.32 Å². The molecule has 1 aromatic carbocycles. The Morgan fingerprint density at radius 3 is 2.38 bits per heavy atom. The van der Waals surface area contributed by atoms with E-state index >= 15 is 0 Å². The van der Waals surface area contributed by atoms with Crippen LogP contribution in [0.5, 0.6) is 0 Å². The predicted molar refractivity (Wildman–Crippen MR) is 189 cm³/mol. The second-order valence-corrected chi connectivity index (χ2v) is 18.2. The maximum Gasteiger partial charge on any atom is 0.335 e. The smallest absolute Gasteiger partial charge is 0.335 e. The molecule has 0 heterocycles. The Labute approximate surface area is 284 Å². The van der Waals surface area contributed by atoms with Crippen LogP contribution in [-0.2, 0) is 9.53 Å². The van der Waals surface area contributed by atoms with Gasteiger partial charge in [0.25, 0.3) is 0 Å². The molecule has 6 rings (SSSR count). The summed E-state index contributed by atoms with van der Waals surface area (Å²) in [7, 11) is 1.70. The van der Waals surface area contributed by atoms with Crippen molar-refractivity contribution in [2.24, 2.45) is 51.8 Å². The Morgan fingerprint density at radius 2 is 1.71 bits per heavy atom. The average molecular weight is 728 g/mol. The molecular weight excluding hydrogens is 673 g/mol. The van der Waals surface area contributed by atoms with E-state index in [9.17, 15) is 14.7 Å². The Morgan fingerprint density at radius 1 is 1.00 bits per heavy atom. The van der Waals surface area contributed by atoms with Crippen molar-refractivity contribution in [2.45, 2.75) is 95.3 Å². The van der Waals surface area contributed by atoms with Crippen molar-refractivity contribution in [2.75, 3.05) is 20.3 Å². The molecule has 0 saturated heterocycles. The van der Waals surface area contributed by atoms with E-state index in [2.05, 4.69) is 68.3 Å². The molecule has 0 bridgehead atoms. The number of carboxylic acids is 1. The third-order valence-corrected chi connectivity index (χ3v) is 15.6. The molecule has 5 aliphatic carbocycles. The van der Waals surface area contributed by atoms with E-state index in [4.69, 9.17) is 4.74 Å². The third-order valence-electron chi connectivity index (χ3n) is 14.2. The first-order chi connectivity index (χ1) is 21.3. The minimum absolute atomic E-state index is 0.0227. The van der Waals surface area contributed by atoms with Crippen molar-refractivity contribution in [3.8, 4) is 0 Å². The highest BCUT2D eigenvalue weighted by atomic mass is 127. The van der Waals surface area contributed by atoms with E-state index in [1.807, 2.05) is 12.1 Å². The van der Waals surface area contributed by atoms with Crippen molar-refractivity contribution in [3.05, 3.63) is 53.6 Å². The van der Waals surface area contributed by atoms with Gasteiger partial charge >= 0.3 is 5.97 Å². The number of carbonyl (C=O) groups excluding carboxylic acids is 1. The lowest BCUT2D eigenvalue weighted by atomic mass is 9.37. The number of carbonyl (C=O) groups is 2. The summed E-state index contributed by atoms with van der Waals surface area (Å²) in [5, 5.41) is 12.7. The quantitative estimate of drug-likeness (QED) is 0.121. The van der Waals surface area contributed by atoms with Crippen LogP contribution >= 0.6 is 22.6 Å². The molecule has 5 nitrogen and oxygen atoms in total. The minimum Gasteiger partial charge on any atom is -0.478 e. The van der Waals surface area contributed by atoms with Gasteiger partial charge in [0.05, 0.1) is 17.6 Å². The monoisotopic (exact) mass is 727 g/mol. The Hall–Kier alpha value is -1.67. The van der Waals surface area contributed by atoms with Gasteiger partial charge in [-0.1, -0.05) is 73.7 Å². The number of hydrogen-bond donors (Lipinski definition) is 2. The van der Waals surface area contributed by atoms with Crippen molar-refractivity contribution in [1.29, 1.82) is 0 Å². The van der Waals surface area contributed by atoms with Crippen LogP contribution in [0.2, 0.25) is 0 Å². The van der Waals surface area contributed by atoms with E-state index in [0.717, 1.165) is 44.1 Å². The average Bonchev–Trinajstić information content (AvgIpc) is 3.42. The van der Waals surface area contributed by atoms with E-state index in [1.54, 1.807) is 19.2 Å². The van der Waals surface area contributed by atoms with Crippen LogP contribution in [0, 0.1) is 51.8 Å². The van der Waals surface area contributed by atoms with E-state index in [1.165, 1.54) is 36.8 Å². The number of rotatable bonds is 8. The predicted octanol–water partition coefficient (Wildman–Crippen LogP) is 8.97.